The van der Waals surface area contributed by atoms with Crippen LogP contribution in [-0.4, -0.2) is 18.0 Å². The molecular formula is C12H15N. The van der Waals surface area contributed by atoms with Crippen LogP contribution in [0.2, 0.25) is 0 Å². The van der Waals surface area contributed by atoms with Gasteiger partial charge in [0.25, 0.3) is 0 Å². The maximum Gasteiger partial charge on any atom is 0.0726 e. The van der Waals surface area contributed by atoms with Crippen LogP contribution in [0.15, 0.2) is 47.2 Å². The Balaban J connectivity index is 2.50. The lowest BCUT2D eigenvalue weighted by molar-refractivity contribution is 0.416. The van der Waals surface area contributed by atoms with Gasteiger partial charge in [-0.2, -0.15) is 0 Å². The van der Waals surface area contributed by atoms with Gasteiger partial charge in [0.05, 0.1) is 6.04 Å². The maximum absolute atomic E-state index is 2.25. The molecule has 0 spiro atoms. The molecule has 1 heteroatoms. The molecule has 13 heavy (non-hydrogen) atoms. The lowest BCUT2D eigenvalue weighted by Crippen LogP contribution is -2.31. The van der Waals surface area contributed by atoms with Crippen LogP contribution in [0.25, 0.3) is 0 Å². The molecule has 1 aliphatic heterocycles. The van der Waals surface area contributed by atoms with Crippen molar-refractivity contribution in [3.63, 3.8) is 0 Å². The molecule has 2 rings (SSSR count). The Labute approximate surface area is 79.7 Å². The minimum absolute atomic E-state index is 0.454. The number of allylic oxidation sites excluding steroid dienone is 4. The zero-order valence-corrected chi connectivity index (χ0v) is 8.41. The van der Waals surface area contributed by atoms with Crippen molar-refractivity contribution in [2.75, 3.05) is 7.05 Å². The van der Waals surface area contributed by atoms with Gasteiger partial charge in [-0.1, -0.05) is 18.2 Å². The SMILES string of the molecule is CC1=CC=CC2C1=C(C)C=CN2C. The molecular weight excluding hydrogens is 158 g/mol. The van der Waals surface area contributed by atoms with E-state index in [0.29, 0.717) is 6.04 Å². The second kappa shape index (κ2) is 2.91. The van der Waals surface area contributed by atoms with Crippen LogP contribution >= 0.6 is 0 Å². The molecule has 1 heterocycles. The van der Waals surface area contributed by atoms with Gasteiger partial charge in [0.15, 0.2) is 0 Å². The highest BCUT2D eigenvalue weighted by atomic mass is 15.1. The number of fused-ring (bicyclic) bond motifs is 1. The van der Waals surface area contributed by atoms with Crippen molar-refractivity contribution < 1.29 is 0 Å². The summed E-state index contributed by atoms with van der Waals surface area (Å²) in [4.78, 5) is 2.25. The summed E-state index contributed by atoms with van der Waals surface area (Å²) in [6.07, 6.45) is 10.9. The van der Waals surface area contributed by atoms with E-state index in [1.54, 1.807) is 0 Å². The Morgan fingerprint density at radius 1 is 1.31 bits per heavy atom. The number of hydrogen-bond donors (Lipinski definition) is 0. The molecule has 0 aromatic rings. The summed E-state index contributed by atoms with van der Waals surface area (Å²) in [6.45, 7) is 4.37. The van der Waals surface area contributed by atoms with E-state index in [-0.39, 0.29) is 0 Å². The molecule has 1 unspecified atom stereocenters. The van der Waals surface area contributed by atoms with Crippen molar-refractivity contribution in [3.8, 4) is 0 Å². The van der Waals surface area contributed by atoms with Crippen LogP contribution in [0.4, 0.5) is 0 Å². The van der Waals surface area contributed by atoms with Crippen LogP contribution < -0.4 is 0 Å². The molecule has 0 fully saturated rings. The summed E-state index contributed by atoms with van der Waals surface area (Å²) in [5.74, 6) is 0. The largest absolute Gasteiger partial charge is 0.370 e. The Kier molecular flexibility index (Phi) is 1.87. The highest BCUT2D eigenvalue weighted by Gasteiger charge is 2.22. The van der Waals surface area contributed by atoms with Gasteiger partial charge in [-0.05, 0) is 42.8 Å². The molecule has 0 aromatic carbocycles. The average Bonchev–Trinajstić information content (AvgIpc) is 2.12. The van der Waals surface area contributed by atoms with Gasteiger partial charge in [0, 0.05) is 7.05 Å². The predicted molar refractivity (Wildman–Crippen MR) is 56.3 cm³/mol. The predicted octanol–water partition coefficient (Wildman–Crippen LogP) is 2.65. The number of rotatable bonds is 0. The minimum atomic E-state index is 0.454. The van der Waals surface area contributed by atoms with Gasteiger partial charge in [-0.15, -0.1) is 0 Å². The summed E-state index contributed by atoms with van der Waals surface area (Å²) < 4.78 is 0. The van der Waals surface area contributed by atoms with Gasteiger partial charge in [0.1, 0.15) is 0 Å². The second-order valence-corrected chi connectivity index (χ2v) is 3.76. The molecule has 1 atom stereocenters. The fraction of sp³-hybridized carbons (Fsp3) is 0.333. The summed E-state index contributed by atoms with van der Waals surface area (Å²) >= 11 is 0. The van der Waals surface area contributed by atoms with E-state index in [1.807, 2.05) is 0 Å². The van der Waals surface area contributed by atoms with E-state index in [2.05, 4.69) is 56.3 Å². The molecule has 68 valence electrons. The third-order valence-corrected chi connectivity index (χ3v) is 2.78. The van der Waals surface area contributed by atoms with Crippen molar-refractivity contribution in [2.24, 2.45) is 0 Å². The topological polar surface area (TPSA) is 3.24 Å². The van der Waals surface area contributed by atoms with Crippen LogP contribution in [0.5, 0.6) is 0 Å². The fourth-order valence-electron chi connectivity index (χ4n) is 2.02. The first kappa shape index (κ1) is 8.36. The quantitative estimate of drug-likeness (QED) is 0.544. The first-order valence-electron chi connectivity index (χ1n) is 4.66. The Morgan fingerprint density at radius 3 is 2.77 bits per heavy atom. The molecule has 0 N–H and O–H groups in total. The monoisotopic (exact) mass is 173 g/mol. The van der Waals surface area contributed by atoms with Crippen molar-refractivity contribution in [2.45, 2.75) is 19.9 Å². The first-order valence-corrected chi connectivity index (χ1v) is 4.66. The highest BCUT2D eigenvalue weighted by molar-refractivity contribution is 5.50. The van der Waals surface area contributed by atoms with Gasteiger partial charge in [-0.25, -0.2) is 0 Å². The molecule has 1 nitrogen and oxygen atoms in total. The Morgan fingerprint density at radius 2 is 2.08 bits per heavy atom. The Bertz CT molecular complexity index is 342. The smallest absolute Gasteiger partial charge is 0.0726 e. The maximum atomic E-state index is 2.25. The lowest BCUT2D eigenvalue weighted by Gasteiger charge is -2.33. The first-order chi connectivity index (χ1) is 6.20. The second-order valence-electron chi connectivity index (χ2n) is 3.76. The third kappa shape index (κ3) is 1.24. The van der Waals surface area contributed by atoms with Crippen LogP contribution in [0.3, 0.4) is 0 Å². The van der Waals surface area contributed by atoms with Crippen LogP contribution in [-0.2, 0) is 0 Å². The third-order valence-electron chi connectivity index (χ3n) is 2.78. The molecule has 0 aromatic heterocycles. The van der Waals surface area contributed by atoms with Crippen molar-refractivity contribution >= 4 is 0 Å². The van der Waals surface area contributed by atoms with Crippen LogP contribution in [0, 0.1) is 0 Å². The van der Waals surface area contributed by atoms with Crippen LogP contribution in [0.1, 0.15) is 13.8 Å². The van der Waals surface area contributed by atoms with E-state index in [9.17, 15) is 0 Å². The summed E-state index contributed by atoms with van der Waals surface area (Å²) in [6, 6.07) is 0.454. The number of likely N-dealkylation sites (N-methyl/N-ethyl adjacent to an activating group) is 1. The van der Waals surface area contributed by atoms with E-state index in [4.69, 9.17) is 0 Å². The molecule has 0 radical (unpaired) electrons. The van der Waals surface area contributed by atoms with E-state index in [0.717, 1.165) is 0 Å². The molecule has 0 bridgehead atoms. The molecule has 0 amide bonds. The van der Waals surface area contributed by atoms with E-state index in [1.165, 1.54) is 16.7 Å². The molecule has 1 aliphatic carbocycles. The van der Waals surface area contributed by atoms with Crippen molar-refractivity contribution in [1.29, 1.82) is 0 Å². The summed E-state index contributed by atoms with van der Waals surface area (Å²) in [5, 5.41) is 0. The molecule has 2 aliphatic rings. The van der Waals surface area contributed by atoms with Gasteiger partial charge < -0.3 is 4.90 Å². The average molecular weight is 173 g/mol. The molecule has 0 saturated heterocycles. The molecule has 0 saturated carbocycles. The number of nitrogens with zero attached hydrogens (tertiary/aromatic N) is 1. The van der Waals surface area contributed by atoms with E-state index < -0.39 is 0 Å². The van der Waals surface area contributed by atoms with Crippen molar-refractivity contribution in [3.05, 3.63) is 47.2 Å². The minimum Gasteiger partial charge on any atom is -0.370 e. The zero-order valence-electron chi connectivity index (χ0n) is 8.41. The van der Waals surface area contributed by atoms with E-state index >= 15 is 0 Å². The Hall–Kier alpha value is -1.24. The summed E-state index contributed by atoms with van der Waals surface area (Å²) in [7, 11) is 2.12. The zero-order chi connectivity index (χ0) is 9.42. The number of hydrogen-bond acceptors (Lipinski definition) is 1. The normalized spacial score (nSPS) is 26.2. The lowest BCUT2D eigenvalue weighted by atomic mass is 9.88. The fourth-order valence-corrected chi connectivity index (χ4v) is 2.02. The van der Waals surface area contributed by atoms with Gasteiger partial charge in [0.2, 0.25) is 0 Å². The summed E-state index contributed by atoms with van der Waals surface area (Å²) in [5.41, 5.74) is 4.25. The highest BCUT2D eigenvalue weighted by Crippen LogP contribution is 2.29. The van der Waals surface area contributed by atoms with Gasteiger partial charge >= 0.3 is 0 Å². The standard InChI is InChI=1S/C12H15N/c1-9-5-4-6-11-12(9)10(2)7-8-13(11)3/h4-8,11H,1-3H3. The van der Waals surface area contributed by atoms with Crippen molar-refractivity contribution in [1.82, 2.24) is 4.90 Å². The van der Waals surface area contributed by atoms with Gasteiger partial charge in [-0.3, -0.25) is 0 Å².